The lowest BCUT2D eigenvalue weighted by molar-refractivity contribution is -0.136. The van der Waals surface area contributed by atoms with E-state index in [1.165, 1.54) is 5.56 Å². The summed E-state index contributed by atoms with van der Waals surface area (Å²) < 4.78 is 0. The summed E-state index contributed by atoms with van der Waals surface area (Å²) in [5.74, 6) is -0.379. The van der Waals surface area contributed by atoms with Crippen molar-refractivity contribution in [3.8, 4) is 0 Å². The van der Waals surface area contributed by atoms with Crippen LogP contribution >= 0.6 is 0 Å². The van der Waals surface area contributed by atoms with Gasteiger partial charge in [-0.25, -0.2) is 0 Å². The van der Waals surface area contributed by atoms with Crippen LogP contribution in [0.25, 0.3) is 0 Å². The maximum Gasteiger partial charge on any atom is 0.233 e. The van der Waals surface area contributed by atoms with Gasteiger partial charge >= 0.3 is 0 Å². The van der Waals surface area contributed by atoms with Crippen LogP contribution < -0.4 is 10.2 Å². The van der Waals surface area contributed by atoms with E-state index in [1.807, 2.05) is 61.5 Å². The average molecular weight is 380 g/mol. The molecule has 0 unspecified atom stereocenters. The molecule has 1 heterocycles. The minimum Gasteiger partial charge on any atom is -0.378 e. The molecule has 0 atom stereocenters. The van der Waals surface area contributed by atoms with Crippen molar-refractivity contribution in [2.75, 3.05) is 50.5 Å². The topological polar surface area (TPSA) is 55.9 Å². The molecule has 6 nitrogen and oxygen atoms in total. The predicted molar refractivity (Wildman–Crippen MR) is 112 cm³/mol. The van der Waals surface area contributed by atoms with Crippen molar-refractivity contribution in [3.05, 3.63) is 60.2 Å². The van der Waals surface area contributed by atoms with E-state index in [9.17, 15) is 9.59 Å². The molecule has 2 aromatic rings. The number of hydrogen-bond acceptors (Lipinski definition) is 4. The van der Waals surface area contributed by atoms with Gasteiger partial charge in [-0.1, -0.05) is 30.3 Å². The highest BCUT2D eigenvalue weighted by Crippen LogP contribution is 2.16. The van der Waals surface area contributed by atoms with E-state index in [0.29, 0.717) is 18.8 Å². The minimum absolute atomic E-state index is 0.109. The fourth-order valence-corrected chi connectivity index (χ4v) is 3.29. The number of hydrogen-bond donors (Lipinski definition) is 1. The number of carbonyl (C=O) groups excluding carboxylic acids is 2. The molecule has 2 amide bonds. The molecule has 1 saturated heterocycles. The molecule has 0 saturated carbocycles. The maximum absolute atomic E-state index is 12.4. The highest BCUT2D eigenvalue weighted by molar-refractivity contribution is 6.03. The van der Waals surface area contributed by atoms with Crippen molar-refractivity contribution in [2.24, 2.45) is 0 Å². The van der Waals surface area contributed by atoms with Crippen molar-refractivity contribution in [1.29, 1.82) is 0 Å². The second kappa shape index (κ2) is 9.37. The first kappa shape index (κ1) is 19.9. The lowest BCUT2D eigenvalue weighted by Gasteiger charge is -2.34. The summed E-state index contributed by atoms with van der Waals surface area (Å²) in [7, 11) is 3.93. The SMILES string of the molecule is CN(C)c1ccc(NC(=O)CC(=O)N2CCN(Cc3ccccc3)CC2)cc1. The summed E-state index contributed by atoms with van der Waals surface area (Å²) in [6.07, 6.45) is -0.117. The third kappa shape index (κ3) is 5.57. The second-order valence-electron chi connectivity index (χ2n) is 7.31. The van der Waals surface area contributed by atoms with Crippen LogP contribution in [0.5, 0.6) is 0 Å². The van der Waals surface area contributed by atoms with Gasteiger partial charge in [0.25, 0.3) is 0 Å². The maximum atomic E-state index is 12.4. The van der Waals surface area contributed by atoms with Crippen LogP contribution in [-0.4, -0.2) is 61.9 Å². The average Bonchev–Trinajstić information content (AvgIpc) is 2.69. The largest absolute Gasteiger partial charge is 0.378 e. The van der Waals surface area contributed by atoms with Gasteiger partial charge in [0, 0.05) is 58.2 Å². The molecule has 2 aromatic carbocycles. The fraction of sp³-hybridized carbons (Fsp3) is 0.364. The molecule has 28 heavy (non-hydrogen) atoms. The monoisotopic (exact) mass is 380 g/mol. The Labute approximate surface area is 166 Å². The molecule has 1 aliphatic rings. The Morgan fingerprint density at radius 3 is 2.18 bits per heavy atom. The molecule has 0 bridgehead atoms. The summed E-state index contributed by atoms with van der Waals surface area (Å²) >= 11 is 0. The van der Waals surface area contributed by atoms with Crippen molar-refractivity contribution in [3.63, 3.8) is 0 Å². The molecule has 6 heteroatoms. The highest BCUT2D eigenvalue weighted by Gasteiger charge is 2.22. The van der Waals surface area contributed by atoms with E-state index in [0.717, 1.165) is 25.3 Å². The molecule has 0 spiro atoms. The van der Waals surface area contributed by atoms with Crippen LogP contribution in [0.4, 0.5) is 11.4 Å². The number of amides is 2. The normalized spacial score (nSPS) is 14.6. The summed E-state index contributed by atoms with van der Waals surface area (Å²) in [5, 5.41) is 2.80. The Kier molecular flexibility index (Phi) is 6.66. The smallest absolute Gasteiger partial charge is 0.233 e. The Morgan fingerprint density at radius 2 is 1.57 bits per heavy atom. The summed E-state index contributed by atoms with van der Waals surface area (Å²) in [5.41, 5.74) is 3.04. The number of rotatable bonds is 6. The number of benzene rings is 2. The van der Waals surface area contributed by atoms with E-state index in [2.05, 4.69) is 22.3 Å². The molecule has 3 rings (SSSR count). The Hall–Kier alpha value is -2.86. The van der Waals surface area contributed by atoms with Crippen LogP contribution in [-0.2, 0) is 16.1 Å². The molecular weight excluding hydrogens is 352 g/mol. The summed E-state index contributed by atoms with van der Waals surface area (Å²) in [6.45, 7) is 3.88. The molecule has 0 radical (unpaired) electrons. The van der Waals surface area contributed by atoms with Gasteiger partial charge < -0.3 is 15.1 Å². The van der Waals surface area contributed by atoms with Gasteiger partial charge in [0.15, 0.2) is 0 Å². The zero-order chi connectivity index (χ0) is 19.9. The van der Waals surface area contributed by atoms with Crippen LogP contribution in [0.1, 0.15) is 12.0 Å². The van der Waals surface area contributed by atoms with Gasteiger partial charge in [-0.15, -0.1) is 0 Å². The Bertz CT molecular complexity index is 782. The lowest BCUT2D eigenvalue weighted by atomic mass is 10.2. The number of anilines is 2. The zero-order valence-electron chi connectivity index (χ0n) is 16.6. The first-order chi connectivity index (χ1) is 13.5. The van der Waals surface area contributed by atoms with E-state index in [4.69, 9.17) is 0 Å². The van der Waals surface area contributed by atoms with Crippen molar-refractivity contribution in [1.82, 2.24) is 9.80 Å². The summed E-state index contributed by atoms with van der Waals surface area (Å²) in [4.78, 5) is 30.8. The third-order valence-corrected chi connectivity index (χ3v) is 4.95. The van der Waals surface area contributed by atoms with Gasteiger partial charge in [0.2, 0.25) is 11.8 Å². The first-order valence-electron chi connectivity index (χ1n) is 9.62. The summed E-state index contributed by atoms with van der Waals surface area (Å²) in [6, 6.07) is 17.9. The van der Waals surface area contributed by atoms with E-state index in [1.54, 1.807) is 4.90 Å². The van der Waals surface area contributed by atoms with Crippen LogP contribution in [0.2, 0.25) is 0 Å². The van der Waals surface area contributed by atoms with E-state index >= 15 is 0 Å². The molecule has 1 fully saturated rings. The van der Waals surface area contributed by atoms with Crippen LogP contribution in [0.15, 0.2) is 54.6 Å². The van der Waals surface area contributed by atoms with Gasteiger partial charge in [-0.05, 0) is 29.8 Å². The van der Waals surface area contributed by atoms with Gasteiger partial charge in [-0.3, -0.25) is 14.5 Å². The standard InChI is InChI=1S/C22H28N4O2/c1-24(2)20-10-8-19(9-11-20)23-21(27)16-22(28)26-14-12-25(13-15-26)17-18-6-4-3-5-7-18/h3-11H,12-17H2,1-2H3,(H,23,27). The van der Waals surface area contributed by atoms with Crippen molar-refractivity contribution >= 4 is 23.2 Å². The number of carbonyl (C=O) groups is 2. The fourth-order valence-electron chi connectivity index (χ4n) is 3.29. The molecule has 1 N–H and O–H groups in total. The van der Waals surface area contributed by atoms with Gasteiger partial charge in [-0.2, -0.15) is 0 Å². The number of piperazine rings is 1. The van der Waals surface area contributed by atoms with Crippen LogP contribution in [0, 0.1) is 0 Å². The van der Waals surface area contributed by atoms with E-state index < -0.39 is 0 Å². The third-order valence-electron chi connectivity index (χ3n) is 4.95. The molecule has 0 aromatic heterocycles. The zero-order valence-corrected chi connectivity index (χ0v) is 16.6. The minimum atomic E-state index is -0.269. The molecule has 0 aliphatic carbocycles. The Balaban J connectivity index is 1.43. The van der Waals surface area contributed by atoms with Gasteiger partial charge in [0.1, 0.15) is 6.42 Å². The lowest BCUT2D eigenvalue weighted by Crippen LogP contribution is -2.48. The number of nitrogens with one attached hydrogen (secondary N) is 1. The molecular formula is C22H28N4O2. The second-order valence-corrected chi connectivity index (χ2v) is 7.31. The van der Waals surface area contributed by atoms with E-state index in [-0.39, 0.29) is 18.2 Å². The molecule has 148 valence electrons. The van der Waals surface area contributed by atoms with Crippen molar-refractivity contribution < 1.29 is 9.59 Å². The molecule has 1 aliphatic heterocycles. The van der Waals surface area contributed by atoms with Crippen molar-refractivity contribution in [2.45, 2.75) is 13.0 Å². The number of nitrogens with zero attached hydrogens (tertiary/aromatic N) is 3. The highest BCUT2D eigenvalue weighted by atomic mass is 16.2. The first-order valence-corrected chi connectivity index (χ1v) is 9.62. The van der Waals surface area contributed by atoms with Crippen LogP contribution in [0.3, 0.4) is 0 Å². The Morgan fingerprint density at radius 1 is 0.929 bits per heavy atom. The predicted octanol–water partition coefficient (Wildman–Crippen LogP) is 2.43. The quantitative estimate of drug-likeness (QED) is 0.782. The van der Waals surface area contributed by atoms with Gasteiger partial charge in [0.05, 0.1) is 0 Å².